The summed E-state index contributed by atoms with van der Waals surface area (Å²) in [5, 5.41) is 13.4. The third-order valence-electron chi connectivity index (χ3n) is 2.49. The summed E-state index contributed by atoms with van der Waals surface area (Å²) in [6.45, 7) is 0. The van der Waals surface area contributed by atoms with Crippen molar-refractivity contribution in [3.05, 3.63) is 42.5 Å². The molecule has 0 radical (unpaired) electrons. The van der Waals surface area contributed by atoms with Gasteiger partial charge in [0.15, 0.2) is 0 Å². The van der Waals surface area contributed by atoms with E-state index in [1.807, 2.05) is 30.3 Å². The molecule has 2 aromatic carbocycles. The summed E-state index contributed by atoms with van der Waals surface area (Å²) < 4.78 is 0. The smallest absolute Gasteiger partial charge is 0.872 e. The van der Waals surface area contributed by atoms with Crippen LogP contribution in [-0.2, 0) is 0 Å². The molecule has 0 unspecified atom stereocenters. The molecule has 3 aromatic rings. The Morgan fingerprint density at radius 1 is 0.867 bits per heavy atom. The first kappa shape index (κ1) is 10.6. The van der Waals surface area contributed by atoms with Gasteiger partial charge in [-0.2, -0.15) is 0 Å². The molecular formula is C12H8NNaO. The summed E-state index contributed by atoms with van der Waals surface area (Å²) >= 11 is 0. The van der Waals surface area contributed by atoms with Crippen molar-refractivity contribution in [2.45, 2.75) is 0 Å². The van der Waals surface area contributed by atoms with Gasteiger partial charge in [0, 0.05) is 16.4 Å². The first-order valence-corrected chi connectivity index (χ1v) is 4.53. The van der Waals surface area contributed by atoms with E-state index in [2.05, 4.69) is 4.98 Å². The molecule has 0 amide bonds. The molecule has 0 saturated heterocycles. The van der Waals surface area contributed by atoms with Crippen molar-refractivity contribution in [2.75, 3.05) is 0 Å². The Bertz CT molecular complexity index is 615. The van der Waals surface area contributed by atoms with E-state index in [9.17, 15) is 5.11 Å². The van der Waals surface area contributed by atoms with Crippen LogP contribution >= 0.6 is 0 Å². The van der Waals surface area contributed by atoms with Crippen LogP contribution < -0.4 is 34.7 Å². The largest absolute Gasteiger partial charge is 1.00 e. The first-order chi connectivity index (χ1) is 6.86. The number of para-hydroxylation sites is 1. The number of aromatic nitrogens is 1. The summed E-state index contributed by atoms with van der Waals surface area (Å²) in [5.74, 6) is 0.0833. The van der Waals surface area contributed by atoms with E-state index in [1.54, 1.807) is 12.1 Å². The average molecular weight is 205 g/mol. The molecule has 0 bridgehead atoms. The fraction of sp³-hybridized carbons (Fsp3) is 0. The maximum Gasteiger partial charge on any atom is 1.00 e. The number of fused-ring (bicyclic) bond motifs is 3. The second-order valence-corrected chi connectivity index (χ2v) is 3.35. The van der Waals surface area contributed by atoms with Crippen LogP contribution in [0.15, 0.2) is 42.5 Å². The Hall–Kier alpha value is -0.960. The zero-order chi connectivity index (χ0) is 9.54. The zero-order valence-corrected chi connectivity index (χ0v) is 10.4. The van der Waals surface area contributed by atoms with Crippen LogP contribution in [0.25, 0.3) is 21.8 Å². The third kappa shape index (κ3) is 1.55. The monoisotopic (exact) mass is 205 g/mol. The van der Waals surface area contributed by atoms with Gasteiger partial charge in [-0.3, -0.25) is 0 Å². The van der Waals surface area contributed by atoms with Gasteiger partial charge in [-0.05, 0) is 17.5 Å². The summed E-state index contributed by atoms with van der Waals surface area (Å²) in [5.41, 5.74) is 1.93. The number of rotatable bonds is 0. The minimum atomic E-state index is 0. The minimum absolute atomic E-state index is 0. The van der Waals surface area contributed by atoms with Crippen molar-refractivity contribution >= 4 is 21.8 Å². The van der Waals surface area contributed by atoms with Crippen LogP contribution in [0.5, 0.6) is 5.75 Å². The Kier molecular flexibility index (Phi) is 2.74. The van der Waals surface area contributed by atoms with Crippen LogP contribution in [0.3, 0.4) is 0 Å². The number of aromatic amines is 1. The van der Waals surface area contributed by atoms with Crippen LogP contribution in [0, 0.1) is 0 Å². The Morgan fingerprint density at radius 3 is 2.47 bits per heavy atom. The van der Waals surface area contributed by atoms with E-state index < -0.39 is 0 Å². The minimum Gasteiger partial charge on any atom is -0.872 e. The van der Waals surface area contributed by atoms with Gasteiger partial charge in [-0.1, -0.05) is 36.1 Å². The molecule has 2 nitrogen and oxygen atoms in total. The van der Waals surface area contributed by atoms with E-state index in [1.165, 1.54) is 0 Å². The molecule has 1 heterocycles. The maximum absolute atomic E-state index is 11.6. The molecule has 15 heavy (non-hydrogen) atoms. The number of hydrogen-bond acceptors (Lipinski definition) is 1. The van der Waals surface area contributed by atoms with Crippen LogP contribution in [-0.4, -0.2) is 4.98 Å². The Morgan fingerprint density at radius 2 is 1.60 bits per heavy atom. The van der Waals surface area contributed by atoms with Crippen molar-refractivity contribution in [1.82, 2.24) is 4.98 Å². The quantitative estimate of drug-likeness (QED) is 0.489. The van der Waals surface area contributed by atoms with Crippen molar-refractivity contribution in [1.29, 1.82) is 0 Å². The molecular weight excluding hydrogens is 197 g/mol. The van der Waals surface area contributed by atoms with E-state index >= 15 is 0 Å². The van der Waals surface area contributed by atoms with Crippen LogP contribution in [0.1, 0.15) is 0 Å². The van der Waals surface area contributed by atoms with Gasteiger partial charge < -0.3 is 10.1 Å². The first-order valence-electron chi connectivity index (χ1n) is 4.53. The van der Waals surface area contributed by atoms with Crippen molar-refractivity contribution < 1.29 is 34.7 Å². The van der Waals surface area contributed by atoms with Crippen molar-refractivity contribution in [3.63, 3.8) is 0 Å². The maximum atomic E-state index is 11.6. The normalized spacial score (nSPS) is 10.4. The van der Waals surface area contributed by atoms with Gasteiger partial charge in [0.05, 0.1) is 0 Å². The molecule has 0 aliphatic rings. The second kappa shape index (κ2) is 3.89. The molecule has 0 aliphatic heterocycles. The summed E-state index contributed by atoms with van der Waals surface area (Å²) in [6, 6.07) is 13.2. The van der Waals surface area contributed by atoms with Crippen LogP contribution in [0.4, 0.5) is 0 Å². The number of nitrogens with one attached hydrogen (secondary N) is 1. The molecule has 3 heteroatoms. The predicted molar refractivity (Wildman–Crippen MR) is 55.3 cm³/mol. The second-order valence-electron chi connectivity index (χ2n) is 3.35. The van der Waals surface area contributed by atoms with E-state index in [4.69, 9.17) is 0 Å². The zero-order valence-electron chi connectivity index (χ0n) is 8.45. The molecule has 0 aliphatic carbocycles. The van der Waals surface area contributed by atoms with Gasteiger partial charge in [0.25, 0.3) is 0 Å². The molecule has 0 fully saturated rings. The van der Waals surface area contributed by atoms with Gasteiger partial charge in [0.1, 0.15) is 0 Å². The molecule has 1 N–H and O–H groups in total. The average Bonchev–Trinajstić information content (AvgIpc) is 2.57. The topological polar surface area (TPSA) is 38.8 Å². The molecule has 3 rings (SSSR count). The Labute approximate surface area is 109 Å². The van der Waals surface area contributed by atoms with Crippen LogP contribution in [0.2, 0.25) is 0 Å². The summed E-state index contributed by atoms with van der Waals surface area (Å²) in [6.07, 6.45) is 0. The fourth-order valence-electron chi connectivity index (χ4n) is 1.87. The number of benzene rings is 2. The summed E-state index contributed by atoms with van der Waals surface area (Å²) in [7, 11) is 0. The number of hydrogen-bond donors (Lipinski definition) is 1. The van der Waals surface area contributed by atoms with Crippen molar-refractivity contribution in [3.8, 4) is 5.75 Å². The molecule has 68 valence electrons. The van der Waals surface area contributed by atoms with Gasteiger partial charge in [-0.25, -0.2) is 0 Å². The third-order valence-corrected chi connectivity index (χ3v) is 2.49. The molecule has 0 spiro atoms. The molecule has 1 aromatic heterocycles. The fourth-order valence-corrected chi connectivity index (χ4v) is 1.87. The number of H-pyrrole nitrogens is 1. The van der Waals surface area contributed by atoms with Crippen molar-refractivity contribution in [2.24, 2.45) is 0 Å². The summed E-state index contributed by atoms with van der Waals surface area (Å²) in [4.78, 5) is 3.22. The van der Waals surface area contributed by atoms with Gasteiger partial charge in [0.2, 0.25) is 0 Å². The Balaban J connectivity index is 0.000000853. The van der Waals surface area contributed by atoms with Gasteiger partial charge in [-0.15, -0.1) is 0 Å². The standard InChI is InChI=1S/C12H9NO.Na/c14-11-7-3-6-10-12(11)8-4-1-2-5-9(8)13-10;/h1-7,13-14H;/q;+1/p-1. The molecule has 0 atom stereocenters. The van der Waals surface area contributed by atoms with Gasteiger partial charge >= 0.3 is 29.6 Å². The van der Waals surface area contributed by atoms with E-state index in [0.29, 0.717) is 0 Å². The van der Waals surface area contributed by atoms with E-state index in [0.717, 1.165) is 21.8 Å². The predicted octanol–water partition coefficient (Wildman–Crippen LogP) is -0.601. The van der Waals surface area contributed by atoms with E-state index in [-0.39, 0.29) is 35.3 Å². The SMILES string of the molecule is [Na+].[O-]c1cccc2[nH]c3ccccc3c12. The molecule has 0 saturated carbocycles.